The minimum absolute atomic E-state index is 0.0243. The van der Waals surface area contributed by atoms with Crippen molar-refractivity contribution in [2.75, 3.05) is 0 Å². The Balaban J connectivity index is 1.97. The van der Waals surface area contributed by atoms with Crippen molar-refractivity contribution in [2.45, 2.75) is 12.8 Å². The first-order valence-electron chi connectivity index (χ1n) is 6.17. The minimum Gasteiger partial charge on any atom is -0.423 e. The van der Waals surface area contributed by atoms with Crippen LogP contribution in [0.15, 0.2) is 39.5 Å². The molecule has 0 radical (unpaired) electrons. The van der Waals surface area contributed by atoms with Gasteiger partial charge in [0.15, 0.2) is 0 Å². The van der Waals surface area contributed by atoms with Gasteiger partial charge in [-0.15, -0.1) is 5.06 Å². The second kappa shape index (κ2) is 4.86. The topological polar surface area (TPSA) is 93.9 Å². The Bertz CT molecular complexity index is 806. The van der Waals surface area contributed by atoms with Crippen molar-refractivity contribution in [3.63, 3.8) is 0 Å². The van der Waals surface area contributed by atoms with Gasteiger partial charge in [0.1, 0.15) is 5.58 Å². The Hall–Kier alpha value is -2.96. The fraction of sp³-hybridized carbons (Fsp3) is 0.143. The average molecular weight is 287 g/mol. The number of hydrogen-bond acceptors (Lipinski definition) is 6. The second-order valence-corrected chi connectivity index (χ2v) is 4.43. The first-order valence-corrected chi connectivity index (χ1v) is 6.17. The van der Waals surface area contributed by atoms with Gasteiger partial charge < -0.3 is 9.25 Å². The molecule has 0 bridgehead atoms. The predicted molar refractivity (Wildman–Crippen MR) is 69.0 cm³/mol. The zero-order chi connectivity index (χ0) is 15.0. The van der Waals surface area contributed by atoms with E-state index in [1.807, 2.05) is 0 Å². The fourth-order valence-electron chi connectivity index (χ4n) is 2.07. The van der Waals surface area contributed by atoms with Gasteiger partial charge >= 0.3 is 11.6 Å². The largest absolute Gasteiger partial charge is 0.423 e. The van der Waals surface area contributed by atoms with Gasteiger partial charge in [0.25, 0.3) is 11.8 Å². The summed E-state index contributed by atoms with van der Waals surface area (Å²) >= 11 is 0. The Morgan fingerprint density at radius 3 is 2.48 bits per heavy atom. The van der Waals surface area contributed by atoms with E-state index in [0.717, 1.165) is 0 Å². The molecule has 0 atom stereocenters. The van der Waals surface area contributed by atoms with Crippen LogP contribution in [0, 0.1) is 0 Å². The lowest BCUT2D eigenvalue weighted by Gasteiger charge is -2.13. The van der Waals surface area contributed by atoms with Crippen molar-refractivity contribution in [1.82, 2.24) is 5.06 Å². The van der Waals surface area contributed by atoms with Crippen molar-refractivity contribution < 1.29 is 23.6 Å². The first kappa shape index (κ1) is 13.0. The summed E-state index contributed by atoms with van der Waals surface area (Å²) in [5.41, 5.74) is -0.224. The molecule has 1 aliphatic heterocycles. The lowest BCUT2D eigenvalue weighted by Crippen LogP contribution is -2.32. The molecule has 2 amide bonds. The van der Waals surface area contributed by atoms with Crippen molar-refractivity contribution in [2.24, 2.45) is 0 Å². The third-order valence-corrected chi connectivity index (χ3v) is 3.06. The van der Waals surface area contributed by atoms with Crippen molar-refractivity contribution >= 4 is 28.8 Å². The molecule has 7 nitrogen and oxygen atoms in total. The summed E-state index contributed by atoms with van der Waals surface area (Å²) in [4.78, 5) is 50.9. The summed E-state index contributed by atoms with van der Waals surface area (Å²) in [5, 5.41) is 0.835. The molecule has 0 spiro atoms. The number of fused-ring (bicyclic) bond motifs is 1. The Labute approximate surface area is 117 Å². The predicted octanol–water partition coefficient (Wildman–Crippen LogP) is 1.01. The van der Waals surface area contributed by atoms with E-state index in [4.69, 9.17) is 9.25 Å². The summed E-state index contributed by atoms with van der Waals surface area (Å²) in [6.45, 7) is 0. The molecule has 0 aliphatic carbocycles. The number of rotatable bonds is 2. The van der Waals surface area contributed by atoms with Gasteiger partial charge in [-0.2, -0.15) is 0 Å². The summed E-state index contributed by atoms with van der Waals surface area (Å²) in [6.07, 6.45) is 0.0487. The maximum absolute atomic E-state index is 12.1. The van der Waals surface area contributed by atoms with Gasteiger partial charge in [-0.1, -0.05) is 6.07 Å². The van der Waals surface area contributed by atoms with Gasteiger partial charge in [-0.25, -0.2) is 9.59 Å². The number of benzene rings is 1. The maximum atomic E-state index is 12.1. The van der Waals surface area contributed by atoms with Crippen LogP contribution in [0.4, 0.5) is 0 Å². The van der Waals surface area contributed by atoms with Gasteiger partial charge in [0, 0.05) is 24.3 Å². The van der Waals surface area contributed by atoms with E-state index in [1.165, 1.54) is 30.3 Å². The van der Waals surface area contributed by atoms with Crippen LogP contribution >= 0.6 is 0 Å². The van der Waals surface area contributed by atoms with Crippen LogP contribution in [-0.2, 0) is 14.4 Å². The quantitative estimate of drug-likeness (QED) is 0.604. The number of hydrogen-bond donors (Lipinski definition) is 0. The SMILES string of the molecule is O=C(ON1C(=O)CCC1=O)c1cccc2oc(=O)ccc12. The van der Waals surface area contributed by atoms with Crippen LogP contribution < -0.4 is 5.63 Å². The van der Waals surface area contributed by atoms with Crippen LogP contribution in [0.25, 0.3) is 11.0 Å². The van der Waals surface area contributed by atoms with Crippen molar-refractivity contribution in [3.8, 4) is 0 Å². The van der Waals surface area contributed by atoms with Gasteiger partial charge in [-0.05, 0) is 18.2 Å². The summed E-state index contributed by atoms with van der Waals surface area (Å²) in [5.74, 6) is -1.97. The third-order valence-electron chi connectivity index (χ3n) is 3.06. The van der Waals surface area contributed by atoms with Gasteiger partial charge in [-0.3, -0.25) is 9.59 Å². The Morgan fingerprint density at radius 2 is 1.76 bits per heavy atom. The molecule has 21 heavy (non-hydrogen) atoms. The molecule has 2 heterocycles. The molecule has 0 unspecified atom stereocenters. The molecule has 106 valence electrons. The molecule has 0 saturated carbocycles. The molecule has 1 aliphatic rings. The zero-order valence-corrected chi connectivity index (χ0v) is 10.7. The molecular weight excluding hydrogens is 278 g/mol. The fourth-order valence-corrected chi connectivity index (χ4v) is 2.07. The second-order valence-electron chi connectivity index (χ2n) is 4.43. The Kier molecular flexibility index (Phi) is 3.02. The molecular formula is C14H9NO6. The molecule has 7 heteroatoms. The minimum atomic E-state index is -0.863. The number of carbonyl (C=O) groups excluding carboxylic acids is 3. The third kappa shape index (κ3) is 2.29. The number of carbonyl (C=O) groups is 3. The average Bonchev–Trinajstić information content (AvgIpc) is 2.78. The molecule has 0 N–H and O–H groups in total. The zero-order valence-electron chi connectivity index (χ0n) is 10.7. The van der Waals surface area contributed by atoms with Crippen LogP contribution in [0.1, 0.15) is 23.2 Å². The molecule has 1 aromatic carbocycles. The highest BCUT2D eigenvalue weighted by Gasteiger charge is 2.33. The van der Waals surface area contributed by atoms with Crippen molar-refractivity contribution in [3.05, 3.63) is 46.3 Å². The molecule has 1 aromatic heterocycles. The number of imide groups is 1. The van der Waals surface area contributed by atoms with E-state index in [9.17, 15) is 19.2 Å². The highest BCUT2D eigenvalue weighted by Crippen LogP contribution is 2.20. The van der Waals surface area contributed by atoms with E-state index >= 15 is 0 Å². The number of hydroxylamine groups is 2. The number of amides is 2. The van der Waals surface area contributed by atoms with Crippen LogP contribution in [0.3, 0.4) is 0 Å². The summed E-state index contributed by atoms with van der Waals surface area (Å²) in [6, 6.07) is 7.08. The molecule has 1 saturated heterocycles. The van der Waals surface area contributed by atoms with E-state index in [2.05, 4.69) is 0 Å². The Morgan fingerprint density at radius 1 is 1.05 bits per heavy atom. The van der Waals surface area contributed by atoms with Crippen molar-refractivity contribution in [1.29, 1.82) is 0 Å². The van der Waals surface area contributed by atoms with E-state index < -0.39 is 23.4 Å². The van der Waals surface area contributed by atoms with E-state index in [0.29, 0.717) is 10.4 Å². The smallest absolute Gasteiger partial charge is 0.364 e. The normalized spacial score (nSPS) is 14.8. The van der Waals surface area contributed by atoms with E-state index in [-0.39, 0.29) is 24.0 Å². The van der Waals surface area contributed by atoms with Crippen LogP contribution in [0.2, 0.25) is 0 Å². The lowest BCUT2D eigenvalue weighted by molar-refractivity contribution is -0.172. The molecule has 1 fully saturated rings. The lowest BCUT2D eigenvalue weighted by atomic mass is 10.1. The highest BCUT2D eigenvalue weighted by molar-refractivity contribution is 6.06. The summed E-state index contributed by atoms with van der Waals surface area (Å²) < 4.78 is 4.95. The van der Waals surface area contributed by atoms with E-state index in [1.54, 1.807) is 0 Å². The molecule has 3 rings (SSSR count). The standard InChI is InChI=1S/C14H9NO6/c16-11-5-6-12(17)15(11)21-14(19)9-2-1-3-10-8(9)4-7-13(18)20-10/h1-4,7H,5-6H2. The van der Waals surface area contributed by atoms with Gasteiger partial charge in [0.2, 0.25) is 0 Å². The first-order chi connectivity index (χ1) is 10.1. The maximum Gasteiger partial charge on any atom is 0.364 e. The highest BCUT2D eigenvalue weighted by atomic mass is 16.7. The monoisotopic (exact) mass is 287 g/mol. The van der Waals surface area contributed by atoms with Crippen LogP contribution in [0.5, 0.6) is 0 Å². The van der Waals surface area contributed by atoms with Gasteiger partial charge in [0.05, 0.1) is 5.56 Å². The summed E-state index contributed by atoms with van der Waals surface area (Å²) in [7, 11) is 0. The number of nitrogens with zero attached hydrogens (tertiary/aromatic N) is 1. The molecule has 2 aromatic rings. The van der Waals surface area contributed by atoms with Crippen LogP contribution in [-0.4, -0.2) is 22.8 Å².